The van der Waals surface area contributed by atoms with E-state index in [1.165, 1.54) is 47.4 Å². The molecule has 182 valence electrons. The van der Waals surface area contributed by atoms with E-state index in [0.29, 0.717) is 20.6 Å². The molecule has 4 rings (SSSR count). The Kier molecular flexibility index (Phi) is 8.26. The van der Waals surface area contributed by atoms with E-state index in [1.54, 1.807) is 36.0 Å². The number of thioether (sulfide) groups is 1. The van der Waals surface area contributed by atoms with Gasteiger partial charge in [-0.05, 0) is 30.7 Å². The summed E-state index contributed by atoms with van der Waals surface area (Å²) in [5, 5.41) is 5.10. The number of carbonyl (C=O) groups excluding carboxylic acids is 2. The molecule has 11 heteroatoms. The Labute approximate surface area is 206 Å². The van der Waals surface area contributed by atoms with Gasteiger partial charge >= 0.3 is 12.3 Å². The molecule has 0 aliphatic heterocycles. The van der Waals surface area contributed by atoms with Gasteiger partial charge in [-0.2, -0.15) is 27.9 Å². The lowest BCUT2D eigenvalue weighted by molar-refractivity contribution is -0.191. The average molecular weight is 522 g/mol. The van der Waals surface area contributed by atoms with Gasteiger partial charge in [-0.25, -0.2) is 14.1 Å². The fourth-order valence-electron chi connectivity index (χ4n) is 3.29. The summed E-state index contributed by atoms with van der Waals surface area (Å²) in [4.78, 5) is 20.8. The van der Waals surface area contributed by atoms with Gasteiger partial charge in [-0.15, -0.1) is 11.8 Å². The Balaban J connectivity index is 0.00000108. The lowest BCUT2D eigenvalue weighted by atomic mass is 10.1. The van der Waals surface area contributed by atoms with Crippen LogP contribution in [0.1, 0.15) is 25.1 Å². The molecular weight excluding hydrogens is 502 g/mol. The highest BCUT2D eigenvalue weighted by Gasteiger charge is 2.35. The van der Waals surface area contributed by atoms with E-state index in [1.807, 2.05) is 13.8 Å². The molecule has 0 saturated carbocycles. The zero-order valence-electron chi connectivity index (χ0n) is 18.8. The summed E-state index contributed by atoms with van der Waals surface area (Å²) < 4.78 is 56.9. The number of alkyl halides is 3. The summed E-state index contributed by atoms with van der Waals surface area (Å²) in [6.07, 6.45) is -2.51. The minimum atomic E-state index is -4.49. The summed E-state index contributed by atoms with van der Waals surface area (Å²) in [6.45, 7) is 5.75. The number of aromatic nitrogens is 3. The maximum absolute atomic E-state index is 13.7. The molecule has 5 nitrogen and oxygen atoms in total. The van der Waals surface area contributed by atoms with Crippen LogP contribution in [0.5, 0.6) is 0 Å². The van der Waals surface area contributed by atoms with E-state index >= 15 is 0 Å². The molecule has 0 fully saturated rings. The summed E-state index contributed by atoms with van der Waals surface area (Å²) in [5.41, 5.74) is 1.68. The zero-order chi connectivity index (χ0) is 25.8. The standard InChI is InChI=1S/C23H19F4N3S2.CO2/c1-13(2)31-21-20(17-9-4-5-10-19(17)23(25,26)27)28-22(32-21)30-12-18(14(3)29-30)15-7-6-8-16(24)11-15;2-1-3/h4-13H,1-3H3;. The van der Waals surface area contributed by atoms with Crippen molar-refractivity contribution < 1.29 is 27.2 Å². The number of nitrogens with zero attached hydrogens (tertiary/aromatic N) is 3. The number of hydrogen-bond donors (Lipinski definition) is 0. The minimum Gasteiger partial charge on any atom is -0.217 e. The quantitative estimate of drug-likeness (QED) is 0.208. The van der Waals surface area contributed by atoms with Crippen LogP contribution < -0.4 is 0 Å². The maximum Gasteiger partial charge on any atom is 0.417 e. The number of hydrogen-bond acceptors (Lipinski definition) is 6. The van der Waals surface area contributed by atoms with Crippen LogP contribution in [0.2, 0.25) is 0 Å². The molecule has 4 aromatic rings. The van der Waals surface area contributed by atoms with E-state index < -0.39 is 11.7 Å². The first-order valence-corrected chi connectivity index (χ1v) is 11.9. The van der Waals surface area contributed by atoms with Crippen molar-refractivity contribution in [2.24, 2.45) is 0 Å². The zero-order valence-corrected chi connectivity index (χ0v) is 20.4. The third kappa shape index (κ3) is 6.25. The fourth-order valence-corrected chi connectivity index (χ4v) is 5.72. The van der Waals surface area contributed by atoms with Crippen LogP contribution in [-0.2, 0) is 15.8 Å². The lowest BCUT2D eigenvalue weighted by Gasteiger charge is -2.12. The fraction of sp³-hybridized carbons (Fsp3) is 0.208. The highest BCUT2D eigenvalue weighted by Crippen LogP contribution is 2.44. The minimum absolute atomic E-state index is 0.0416. The molecule has 0 bridgehead atoms. The van der Waals surface area contributed by atoms with Gasteiger partial charge in [0.25, 0.3) is 0 Å². The maximum atomic E-state index is 13.7. The largest absolute Gasteiger partial charge is 0.417 e. The summed E-state index contributed by atoms with van der Waals surface area (Å²) in [5.74, 6) is -0.356. The van der Waals surface area contributed by atoms with Crippen LogP contribution in [0.3, 0.4) is 0 Å². The SMILES string of the molecule is Cc1nn(-c2nc(-c3ccccc3C(F)(F)F)c(SC(C)C)s2)cc1-c1cccc(F)c1.O=C=O. The first kappa shape index (κ1) is 26.3. The Hall–Kier alpha value is -3.27. The number of rotatable bonds is 5. The van der Waals surface area contributed by atoms with Crippen molar-refractivity contribution in [2.45, 2.75) is 36.4 Å². The van der Waals surface area contributed by atoms with E-state index in [-0.39, 0.29) is 28.5 Å². The molecule has 2 aromatic heterocycles. The van der Waals surface area contributed by atoms with Crippen LogP contribution in [0.15, 0.2) is 58.9 Å². The number of thiazole rings is 1. The second-order valence-corrected chi connectivity index (χ2v) is 10.3. The highest BCUT2D eigenvalue weighted by molar-refractivity contribution is 8.01. The Morgan fingerprint density at radius 2 is 1.74 bits per heavy atom. The van der Waals surface area contributed by atoms with E-state index in [4.69, 9.17) is 9.59 Å². The Bertz CT molecular complexity index is 1360. The molecule has 0 unspecified atom stereocenters. The third-order valence-electron chi connectivity index (χ3n) is 4.65. The van der Waals surface area contributed by atoms with Crippen molar-refractivity contribution in [3.63, 3.8) is 0 Å². The predicted molar refractivity (Wildman–Crippen MR) is 126 cm³/mol. The van der Waals surface area contributed by atoms with Gasteiger partial charge in [0.15, 0.2) is 0 Å². The van der Waals surface area contributed by atoms with Crippen molar-refractivity contribution in [3.05, 3.63) is 71.8 Å². The van der Waals surface area contributed by atoms with Gasteiger partial charge in [-0.1, -0.05) is 55.5 Å². The van der Waals surface area contributed by atoms with Crippen LogP contribution in [-0.4, -0.2) is 26.2 Å². The number of halogens is 4. The molecule has 2 aromatic carbocycles. The highest BCUT2D eigenvalue weighted by atomic mass is 32.2. The van der Waals surface area contributed by atoms with Gasteiger partial charge in [0.05, 0.1) is 21.2 Å². The molecule has 0 radical (unpaired) electrons. The predicted octanol–water partition coefficient (Wildman–Crippen LogP) is 7.05. The molecule has 0 aliphatic carbocycles. The van der Waals surface area contributed by atoms with Gasteiger partial charge in [0, 0.05) is 22.6 Å². The molecule has 0 N–H and O–H groups in total. The van der Waals surface area contributed by atoms with Gasteiger partial charge in [-0.3, -0.25) is 0 Å². The van der Waals surface area contributed by atoms with Crippen LogP contribution >= 0.6 is 23.1 Å². The van der Waals surface area contributed by atoms with E-state index in [0.717, 1.165) is 11.6 Å². The normalized spacial score (nSPS) is 11.2. The van der Waals surface area contributed by atoms with Gasteiger partial charge in [0.1, 0.15) is 5.82 Å². The van der Waals surface area contributed by atoms with Crippen molar-refractivity contribution >= 4 is 29.3 Å². The molecule has 0 atom stereocenters. The van der Waals surface area contributed by atoms with Crippen LogP contribution in [0.4, 0.5) is 17.6 Å². The lowest BCUT2D eigenvalue weighted by Crippen LogP contribution is -2.07. The van der Waals surface area contributed by atoms with Crippen LogP contribution in [0.25, 0.3) is 27.5 Å². The van der Waals surface area contributed by atoms with Crippen molar-refractivity contribution in [2.75, 3.05) is 0 Å². The summed E-state index contributed by atoms with van der Waals surface area (Å²) in [7, 11) is 0. The van der Waals surface area contributed by atoms with Crippen molar-refractivity contribution in [3.8, 4) is 27.5 Å². The second-order valence-electron chi connectivity index (χ2n) is 7.51. The molecule has 0 saturated heterocycles. The Morgan fingerprint density at radius 1 is 1.06 bits per heavy atom. The molecule has 2 heterocycles. The van der Waals surface area contributed by atoms with Gasteiger partial charge < -0.3 is 0 Å². The molecule has 35 heavy (non-hydrogen) atoms. The van der Waals surface area contributed by atoms with Crippen molar-refractivity contribution in [1.29, 1.82) is 0 Å². The first-order chi connectivity index (χ1) is 16.5. The van der Waals surface area contributed by atoms with Gasteiger partial charge in [0.2, 0.25) is 5.13 Å². The number of benzene rings is 2. The average Bonchev–Trinajstić information content (AvgIpc) is 3.37. The topological polar surface area (TPSA) is 64.8 Å². The third-order valence-corrected chi connectivity index (χ3v) is 6.90. The van der Waals surface area contributed by atoms with Crippen LogP contribution in [0, 0.1) is 12.7 Å². The second kappa shape index (κ2) is 11.0. The Morgan fingerprint density at radius 3 is 2.37 bits per heavy atom. The first-order valence-electron chi connectivity index (χ1n) is 10.2. The summed E-state index contributed by atoms with van der Waals surface area (Å²) in [6, 6.07) is 11.6. The smallest absolute Gasteiger partial charge is 0.217 e. The van der Waals surface area contributed by atoms with Crippen molar-refractivity contribution in [1.82, 2.24) is 14.8 Å². The number of aryl methyl sites for hydroxylation is 1. The van der Waals surface area contributed by atoms with E-state index in [9.17, 15) is 17.6 Å². The summed E-state index contributed by atoms with van der Waals surface area (Å²) >= 11 is 2.75. The molecule has 0 aliphatic rings. The molecule has 0 spiro atoms. The monoisotopic (exact) mass is 521 g/mol. The van der Waals surface area contributed by atoms with E-state index in [2.05, 4.69) is 10.1 Å². The molecular formula is C24H19F4N3O2S2. The molecule has 0 amide bonds.